The molecule has 1 fully saturated rings. The molecule has 2 aromatic heterocycles. The van der Waals surface area contributed by atoms with Crippen LogP contribution in [0.5, 0.6) is 0 Å². The molecule has 2 amide bonds. The number of aryl methyl sites for hydroxylation is 1. The third kappa shape index (κ3) is 4.52. The van der Waals surface area contributed by atoms with E-state index in [1.54, 1.807) is 6.20 Å². The van der Waals surface area contributed by atoms with Crippen LogP contribution < -0.4 is 10.2 Å². The Morgan fingerprint density at radius 2 is 1.83 bits per heavy atom. The van der Waals surface area contributed by atoms with Crippen LogP contribution in [0.25, 0.3) is 11.4 Å². The first kappa shape index (κ1) is 21.1. The number of hydrogen-bond donors (Lipinski definition) is 1. The maximum atomic E-state index is 12.4. The number of nitrogens with one attached hydrogen (secondary N) is 1. The molecule has 29 heavy (non-hydrogen) atoms. The quantitative estimate of drug-likeness (QED) is 0.858. The number of likely N-dealkylation sites (tertiary alicyclic amines) is 1. The third-order valence-corrected chi connectivity index (χ3v) is 5.68. The monoisotopic (exact) mass is 399 g/mol. The standard InChI is InChI=1S/C21H33N7O/c1-14-15(2)19(25-24-18(14)17-8-11-22-27(17)7)26(6)16-9-12-28(13-10-16)20(29)23-21(3,4)5/h8,11,16H,9-10,12-13H2,1-7H3,(H,23,29). The van der Waals surface area contributed by atoms with Crippen LogP contribution in [0.3, 0.4) is 0 Å². The Hall–Kier alpha value is -2.64. The normalized spacial score (nSPS) is 15.5. The average molecular weight is 400 g/mol. The maximum absolute atomic E-state index is 12.4. The van der Waals surface area contributed by atoms with Crippen LogP contribution in [0.1, 0.15) is 44.7 Å². The van der Waals surface area contributed by atoms with E-state index in [1.807, 2.05) is 43.5 Å². The maximum Gasteiger partial charge on any atom is 0.317 e. The summed E-state index contributed by atoms with van der Waals surface area (Å²) in [7, 11) is 3.99. The van der Waals surface area contributed by atoms with E-state index in [-0.39, 0.29) is 11.6 Å². The van der Waals surface area contributed by atoms with Crippen molar-refractivity contribution in [2.45, 2.75) is 59.0 Å². The van der Waals surface area contributed by atoms with Gasteiger partial charge in [0.1, 0.15) is 5.69 Å². The predicted octanol–water partition coefficient (Wildman–Crippen LogP) is 2.90. The second-order valence-corrected chi connectivity index (χ2v) is 8.97. The molecular weight excluding hydrogens is 366 g/mol. The average Bonchev–Trinajstić information content (AvgIpc) is 3.08. The van der Waals surface area contributed by atoms with Crippen molar-refractivity contribution in [3.05, 3.63) is 23.4 Å². The van der Waals surface area contributed by atoms with E-state index in [4.69, 9.17) is 0 Å². The smallest absolute Gasteiger partial charge is 0.317 e. The van der Waals surface area contributed by atoms with Gasteiger partial charge in [0.15, 0.2) is 5.82 Å². The molecule has 1 aliphatic rings. The van der Waals surface area contributed by atoms with Crippen LogP contribution in [0.4, 0.5) is 10.6 Å². The minimum absolute atomic E-state index is 0.0194. The number of rotatable bonds is 3. The first-order valence-corrected chi connectivity index (χ1v) is 10.2. The van der Waals surface area contributed by atoms with Crippen molar-refractivity contribution in [2.24, 2.45) is 7.05 Å². The molecule has 2 aromatic rings. The van der Waals surface area contributed by atoms with Gasteiger partial charge in [-0.1, -0.05) is 0 Å². The van der Waals surface area contributed by atoms with Crippen molar-refractivity contribution in [3.8, 4) is 11.4 Å². The van der Waals surface area contributed by atoms with Crippen LogP contribution in [0.15, 0.2) is 12.3 Å². The highest BCUT2D eigenvalue weighted by Crippen LogP contribution is 2.29. The second kappa shape index (κ2) is 8.00. The lowest BCUT2D eigenvalue weighted by molar-refractivity contribution is 0.172. The molecule has 3 rings (SSSR count). The molecule has 3 heterocycles. The molecule has 0 radical (unpaired) electrons. The van der Waals surface area contributed by atoms with Gasteiger partial charge in [-0.15, -0.1) is 10.2 Å². The Labute approximate surface area is 173 Å². The third-order valence-electron chi connectivity index (χ3n) is 5.68. The van der Waals surface area contributed by atoms with Crippen molar-refractivity contribution in [3.63, 3.8) is 0 Å². The van der Waals surface area contributed by atoms with E-state index in [9.17, 15) is 4.79 Å². The minimum atomic E-state index is -0.218. The number of carbonyl (C=O) groups is 1. The molecule has 0 bridgehead atoms. The van der Waals surface area contributed by atoms with Gasteiger partial charge in [-0.25, -0.2) is 4.79 Å². The van der Waals surface area contributed by atoms with E-state index in [0.29, 0.717) is 6.04 Å². The van der Waals surface area contributed by atoms with Gasteiger partial charge in [0.2, 0.25) is 0 Å². The molecule has 0 saturated carbocycles. The number of urea groups is 1. The van der Waals surface area contributed by atoms with Gasteiger partial charge in [-0.3, -0.25) is 4.68 Å². The molecule has 0 aromatic carbocycles. The fourth-order valence-corrected chi connectivity index (χ4v) is 3.81. The molecule has 0 atom stereocenters. The van der Waals surface area contributed by atoms with Crippen LogP contribution in [-0.4, -0.2) is 62.6 Å². The summed E-state index contributed by atoms with van der Waals surface area (Å²) in [4.78, 5) is 16.5. The summed E-state index contributed by atoms with van der Waals surface area (Å²) in [5.41, 5.74) is 3.86. The fraction of sp³-hybridized carbons (Fsp3) is 0.619. The van der Waals surface area contributed by atoms with Gasteiger partial charge in [0, 0.05) is 45.0 Å². The zero-order valence-corrected chi connectivity index (χ0v) is 18.7. The first-order chi connectivity index (χ1) is 13.6. The van der Waals surface area contributed by atoms with Gasteiger partial charge in [0.05, 0.1) is 5.69 Å². The van der Waals surface area contributed by atoms with Crippen molar-refractivity contribution in [2.75, 3.05) is 25.0 Å². The molecule has 1 N–H and O–H groups in total. The van der Waals surface area contributed by atoms with Crippen LogP contribution >= 0.6 is 0 Å². The molecule has 158 valence electrons. The number of amides is 2. The fourth-order valence-electron chi connectivity index (χ4n) is 3.81. The molecule has 0 spiro atoms. The lowest BCUT2D eigenvalue weighted by atomic mass is 10.0. The second-order valence-electron chi connectivity index (χ2n) is 8.97. The largest absolute Gasteiger partial charge is 0.355 e. The highest BCUT2D eigenvalue weighted by atomic mass is 16.2. The number of aromatic nitrogens is 4. The minimum Gasteiger partial charge on any atom is -0.355 e. The Balaban J connectivity index is 1.70. The lowest BCUT2D eigenvalue weighted by Crippen LogP contribution is -2.53. The highest BCUT2D eigenvalue weighted by Gasteiger charge is 2.28. The number of carbonyl (C=O) groups excluding carboxylic acids is 1. The van der Waals surface area contributed by atoms with Gasteiger partial charge < -0.3 is 15.1 Å². The summed E-state index contributed by atoms with van der Waals surface area (Å²) >= 11 is 0. The Bertz CT molecular complexity index is 876. The molecular formula is C21H33N7O. The lowest BCUT2D eigenvalue weighted by Gasteiger charge is -2.38. The zero-order valence-electron chi connectivity index (χ0n) is 18.7. The summed E-state index contributed by atoms with van der Waals surface area (Å²) in [6.07, 6.45) is 3.60. The Morgan fingerprint density at radius 1 is 1.17 bits per heavy atom. The van der Waals surface area contributed by atoms with E-state index in [2.05, 4.69) is 46.4 Å². The molecule has 1 aliphatic heterocycles. The first-order valence-electron chi connectivity index (χ1n) is 10.2. The Morgan fingerprint density at radius 3 is 2.38 bits per heavy atom. The van der Waals surface area contributed by atoms with Crippen LogP contribution in [0.2, 0.25) is 0 Å². The molecule has 0 unspecified atom stereocenters. The van der Waals surface area contributed by atoms with Gasteiger partial charge in [0.25, 0.3) is 0 Å². The van der Waals surface area contributed by atoms with E-state index >= 15 is 0 Å². The number of piperidine rings is 1. The van der Waals surface area contributed by atoms with Crippen molar-refractivity contribution in [1.29, 1.82) is 0 Å². The SMILES string of the molecule is Cc1c(-c2ccnn2C)nnc(N(C)C2CCN(C(=O)NC(C)(C)C)CC2)c1C. The van der Waals surface area contributed by atoms with E-state index in [0.717, 1.165) is 54.3 Å². The summed E-state index contributed by atoms with van der Waals surface area (Å²) in [6.45, 7) is 11.7. The topological polar surface area (TPSA) is 79.2 Å². The van der Waals surface area contributed by atoms with Gasteiger partial charge >= 0.3 is 6.03 Å². The molecule has 8 heteroatoms. The summed E-state index contributed by atoms with van der Waals surface area (Å²) < 4.78 is 1.82. The summed E-state index contributed by atoms with van der Waals surface area (Å²) in [6, 6.07) is 2.31. The molecule has 0 aliphatic carbocycles. The highest BCUT2D eigenvalue weighted by molar-refractivity contribution is 5.75. The molecule has 1 saturated heterocycles. The molecule has 8 nitrogen and oxygen atoms in total. The van der Waals surface area contributed by atoms with Crippen LogP contribution in [0, 0.1) is 13.8 Å². The van der Waals surface area contributed by atoms with E-state index in [1.165, 1.54) is 0 Å². The number of hydrogen-bond acceptors (Lipinski definition) is 5. The zero-order chi connectivity index (χ0) is 21.3. The predicted molar refractivity (Wildman–Crippen MR) is 115 cm³/mol. The number of anilines is 1. The summed E-state index contributed by atoms with van der Waals surface area (Å²) in [5, 5.41) is 16.4. The van der Waals surface area contributed by atoms with Crippen LogP contribution in [-0.2, 0) is 7.05 Å². The van der Waals surface area contributed by atoms with Gasteiger partial charge in [-0.05, 0) is 64.7 Å². The van der Waals surface area contributed by atoms with E-state index < -0.39 is 0 Å². The van der Waals surface area contributed by atoms with Crippen molar-refractivity contribution in [1.82, 2.24) is 30.2 Å². The summed E-state index contributed by atoms with van der Waals surface area (Å²) in [5.74, 6) is 0.908. The van der Waals surface area contributed by atoms with Crippen molar-refractivity contribution >= 4 is 11.8 Å². The van der Waals surface area contributed by atoms with Crippen molar-refractivity contribution < 1.29 is 4.79 Å². The van der Waals surface area contributed by atoms with Gasteiger partial charge in [-0.2, -0.15) is 5.10 Å². The Kier molecular flexibility index (Phi) is 5.82. The number of nitrogens with zero attached hydrogens (tertiary/aromatic N) is 6.